The third kappa shape index (κ3) is 27.3. The van der Waals surface area contributed by atoms with Crippen LogP contribution in [0.25, 0.3) is 0 Å². The van der Waals surface area contributed by atoms with Crippen LogP contribution in [0.3, 0.4) is 0 Å². The predicted molar refractivity (Wildman–Crippen MR) is 396 cm³/mol. The van der Waals surface area contributed by atoms with Gasteiger partial charge in [-0.2, -0.15) is 0 Å². The molecular weight excluding hydrogens is 1210 g/mol. The largest absolute Gasteiger partial charge is 0.492 e. The molecule has 508 valence electrons. The molecule has 0 spiro atoms. The lowest BCUT2D eigenvalue weighted by atomic mass is 9.80. The Labute approximate surface area is 575 Å². The fraction of sp³-hybridized carbons (Fsp3) is 0.625. The molecule has 5 aromatic rings. The summed E-state index contributed by atoms with van der Waals surface area (Å²) in [5.41, 5.74) is 10.1. The Hall–Kier alpha value is -3.50. The van der Waals surface area contributed by atoms with Crippen molar-refractivity contribution < 1.29 is 14.2 Å². The summed E-state index contributed by atoms with van der Waals surface area (Å²) in [7, 11) is 8.72. The van der Waals surface area contributed by atoms with Crippen LogP contribution in [-0.2, 0) is 33.5 Å². The first-order chi connectivity index (χ1) is 42.5. The fourth-order valence-corrected chi connectivity index (χ4v) is 12.8. The quantitative estimate of drug-likeness (QED) is 0.103. The van der Waals surface area contributed by atoms with Crippen molar-refractivity contribution in [3.63, 3.8) is 0 Å². The molecule has 1 atom stereocenters. The minimum atomic E-state index is 0.108. The highest BCUT2D eigenvalue weighted by molar-refractivity contribution is 6.32. The molecular formula is C80H122Cl4N4O3. The molecule has 2 aliphatic heterocycles. The van der Waals surface area contributed by atoms with E-state index in [2.05, 4.69) is 237 Å². The van der Waals surface area contributed by atoms with Gasteiger partial charge in [0.1, 0.15) is 30.5 Å². The molecule has 1 unspecified atom stereocenters. The normalized spacial score (nSPS) is 18.5. The molecule has 4 aliphatic rings. The van der Waals surface area contributed by atoms with Crippen LogP contribution in [-0.4, -0.2) is 119 Å². The van der Waals surface area contributed by atoms with Gasteiger partial charge in [-0.05, 0) is 234 Å². The van der Waals surface area contributed by atoms with Crippen molar-refractivity contribution in [2.75, 3.05) is 87.3 Å². The second-order valence-electron chi connectivity index (χ2n) is 32.1. The van der Waals surface area contributed by atoms with Crippen LogP contribution in [0.15, 0.2) is 97.1 Å². The summed E-state index contributed by atoms with van der Waals surface area (Å²) in [6.45, 7) is 44.3. The number of rotatable bonds is 15. The lowest BCUT2D eigenvalue weighted by Crippen LogP contribution is -2.33. The molecule has 2 heterocycles. The molecule has 9 rings (SSSR count). The van der Waals surface area contributed by atoms with E-state index in [0.717, 1.165) is 84.4 Å². The average Bonchev–Trinajstić information content (AvgIpc) is 1.80. The minimum Gasteiger partial charge on any atom is -0.492 e. The molecule has 0 amide bonds. The van der Waals surface area contributed by atoms with Crippen molar-refractivity contribution in [1.29, 1.82) is 0 Å². The number of hydrogen-bond donors (Lipinski definition) is 0. The van der Waals surface area contributed by atoms with Crippen LogP contribution in [0.1, 0.15) is 213 Å². The number of hydrogen-bond acceptors (Lipinski definition) is 7. The third-order valence-corrected chi connectivity index (χ3v) is 20.0. The SMILES string of the molecule is CC(C)(C)c1ccc(Cl)c(OCC2CCCC2)c1.CC(C)(C)c1ccc(Cl)c(OCCN2CCCC2)c1.CN(C)C1CCC(Cc2cc(C(C)(C)C)ccc2Cl)CC1.CN(C)C1CCN(CCOc2cc(C(C)(C)C)ccc2Cl)C1.Cc1ccc(C(C)(C)C)cc1. The Balaban J connectivity index is 0.000000210. The van der Waals surface area contributed by atoms with Gasteiger partial charge in [0.15, 0.2) is 0 Å². The lowest BCUT2D eigenvalue weighted by molar-refractivity contribution is 0.193. The van der Waals surface area contributed by atoms with Crippen molar-refractivity contribution in [2.45, 2.75) is 227 Å². The number of ether oxygens (including phenoxy) is 3. The van der Waals surface area contributed by atoms with Crippen LogP contribution in [0.4, 0.5) is 0 Å². The monoisotopic (exact) mass is 1330 g/mol. The van der Waals surface area contributed by atoms with Gasteiger partial charge in [0.25, 0.3) is 0 Å². The topological polar surface area (TPSA) is 40.7 Å². The highest BCUT2D eigenvalue weighted by atomic mass is 35.5. The van der Waals surface area contributed by atoms with Gasteiger partial charge in [-0.3, -0.25) is 9.80 Å². The van der Waals surface area contributed by atoms with E-state index in [4.69, 9.17) is 60.6 Å². The second kappa shape index (κ2) is 36.0. The summed E-state index contributed by atoms with van der Waals surface area (Å²) < 4.78 is 17.7. The van der Waals surface area contributed by atoms with Crippen LogP contribution < -0.4 is 14.2 Å². The number of halogens is 4. The van der Waals surface area contributed by atoms with Crippen molar-refractivity contribution in [3.8, 4) is 17.2 Å². The highest BCUT2D eigenvalue weighted by Crippen LogP contribution is 2.37. The Morgan fingerprint density at radius 3 is 1.19 bits per heavy atom. The van der Waals surface area contributed by atoms with Crippen LogP contribution >= 0.6 is 46.4 Å². The molecule has 7 nitrogen and oxygen atoms in total. The lowest BCUT2D eigenvalue weighted by Gasteiger charge is -2.33. The molecule has 2 aliphatic carbocycles. The molecule has 5 aromatic carbocycles. The van der Waals surface area contributed by atoms with Crippen molar-refractivity contribution >= 4 is 46.4 Å². The average molecular weight is 1330 g/mol. The molecule has 0 aromatic heterocycles. The van der Waals surface area contributed by atoms with Crippen LogP contribution in [0.2, 0.25) is 20.1 Å². The molecule has 91 heavy (non-hydrogen) atoms. The second-order valence-corrected chi connectivity index (χ2v) is 33.7. The molecule has 2 saturated heterocycles. The first-order valence-corrected chi connectivity index (χ1v) is 35.9. The summed E-state index contributed by atoms with van der Waals surface area (Å²) >= 11 is 25.1. The third-order valence-electron chi connectivity index (χ3n) is 18.7. The Bertz CT molecular complexity index is 2920. The van der Waals surface area contributed by atoms with Gasteiger partial charge in [0, 0.05) is 36.7 Å². The van der Waals surface area contributed by atoms with E-state index >= 15 is 0 Å². The van der Waals surface area contributed by atoms with Crippen molar-refractivity contribution in [3.05, 3.63) is 156 Å². The molecule has 11 heteroatoms. The minimum absolute atomic E-state index is 0.108. The summed E-state index contributed by atoms with van der Waals surface area (Å²) in [6, 6.07) is 35.1. The standard InChI is InChI=1S/C19H30ClN.C18H29ClN2O.C16H24ClNO.C16H23ClO.C11H16/c1-19(2,3)16-8-11-18(20)15(13-16)12-14-6-9-17(10-7-14)21(4)5;1-18(2,3)14-6-7-16(19)17(12-14)22-11-10-21-9-8-15(13-21)20(4)5;1-16(2,3)13-6-7-14(17)15(12-13)19-11-10-18-8-4-5-9-18;1-16(2,3)13-8-9-14(17)15(10-13)18-11-12-6-4-5-7-12;1-9-5-7-10(8-6-9)11(2,3)4/h8,11,13-14,17H,6-7,9-10,12H2,1-5H3;6-7,12,15H,8-11,13H2,1-5H3;6-7,12H,4-5,8-11H2,1-3H3;8-10,12H,4-7,11H2,1-3H3;5-8H,1-4H3. The summed E-state index contributed by atoms with van der Waals surface area (Å²) in [5, 5.41) is 3.06. The molecule has 2 saturated carbocycles. The molecule has 0 radical (unpaired) electrons. The first kappa shape index (κ1) is 78.2. The van der Waals surface area contributed by atoms with E-state index < -0.39 is 0 Å². The number of likely N-dealkylation sites (tertiary alicyclic amines) is 2. The van der Waals surface area contributed by atoms with Gasteiger partial charge in [0.05, 0.1) is 21.7 Å². The van der Waals surface area contributed by atoms with Crippen LogP contribution in [0, 0.1) is 18.8 Å². The molecule has 0 N–H and O–H groups in total. The number of nitrogens with zero attached hydrogens (tertiary/aromatic N) is 4. The number of benzene rings is 5. The number of aryl methyl sites for hydroxylation is 1. The summed E-state index contributed by atoms with van der Waals surface area (Å²) in [4.78, 5) is 9.60. The van der Waals surface area contributed by atoms with Crippen LogP contribution in [0.5, 0.6) is 17.2 Å². The number of likely N-dealkylation sites (N-methyl/N-ethyl adjacent to an activating group) is 1. The Morgan fingerprint density at radius 2 is 0.780 bits per heavy atom. The van der Waals surface area contributed by atoms with Crippen molar-refractivity contribution in [1.82, 2.24) is 19.6 Å². The van der Waals surface area contributed by atoms with E-state index in [-0.39, 0.29) is 27.1 Å². The first-order valence-electron chi connectivity index (χ1n) is 34.4. The Kier molecular flexibility index (Phi) is 31.0. The molecule has 0 bridgehead atoms. The fourth-order valence-electron chi connectivity index (χ4n) is 12.1. The Morgan fingerprint density at radius 1 is 0.396 bits per heavy atom. The van der Waals surface area contributed by atoms with E-state index in [1.165, 1.54) is 123 Å². The van der Waals surface area contributed by atoms with E-state index in [0.29, 0.717) is 29.3 Å². The van der Waals surface area contributed by atoms with E-state index in [9.17, 15) is 0 Å². The zero-order valence-corrected chi connectivity index (χ0v) is 63.4. The van der Waals surface area contributed by atoms with E-state index in [1.807, 2.05) is 18.2 Å². The maximum absolute atomic E-state index is 6.44. The maximum Gasteiger partial charge on any atom is 0.138 e. The highest BCUT2D eigenvalue weighted by Gasteiger charge is 2.27. The van der Waals surface area contributed by atoms with Crippen molar-refractivity contribution in [2.24, 2.45) is 11.8 Å². The van der Waals surface area contributed by atoms with Gasteiger partial charge in [-0.25, -0.2) is 0 Å². The van der Waals surface area contributed by atoms with Gasteiger partial charge >= 0.3 is 0 Å². The summed E-state index contributed by atoms with van der Waals surface area (Å²) in [5.74, 6) is 3.98. The molecule has 4 fully saturated rings. The van der Waals surface area contributed by atoms with E-state index in [1.54, 1.807) is 0 Å². The predicted octanol–water partition coefficient (Wildman–Crippen LogP) is 21.6. The smallest absolute Gasteiger partial charge is 0.138 e. The van der Waals surface area contributed by atoms with Gasteiger partial charge in [-0.15, -0.1) is 0 Å². The zero-order valence-electron chi connectivity index (χ0n) is 60.4. The summed E-state index contributed by atoms with van der Waals surface area (Å²) in [6.07, 6.45) is 15.7. The van der Waals surface area contributed by atoms with Gasteiger partial charge < -0.3 is 24.0 Å². The van der Waals surface area contributed by atoms with Gasteiger partial charge in [0.2, 0.25) is 0 Å². The maximum atomic E-state index is 6.44. The zero-order chi connectivity index (χ0) is 67.5. The van der Waals surface area contributed by atoms with Gasteiger partial charge in [-0.1, -0.05) is 223 Å².